The lowest BCUT2D eigenvalue weighted by Crippen LogP contribution is -2.52. The second-order valence-electron chi connectivity index (χ2n) is 15.1. The number of nitrogens with one attached hydrogen (secondary N) is 4. The van der Waals surface area contributed by atoms with E-state index < -0.39 is 24.2 Å². The van der Waals surface area contributed by atoms with Crippen LogP contribution in [0.3, 0.4) is 0 Å². The van der Waals surface area contributed by atoms with Crippen molar-refractivity contribution < 1.29 is 43.7 Å². The standard InChI is InChI=1S/C41H46N8O9/c1-4-42-38(54)36-46-45-35(28-18-27(22(2)3)32(50)19-33(28)51)49(36)25-10-8-24(9-11-25)39(55)47-16-14-23(15-17-47)21-58-41(57)43-30-7-5-6-26-29(30)20-48(40(26)56)31-12-13-34(52)44-37(31)53/h5-11,18-19,22-23,31,36,46,50-51H,4,12-17,20-21H2,1-3H3,(H,42,54)(H,43,57)(H,44,52,53). The van der Waals surface area contributed by atoms with Gasteiger partial charge in [-0.1, -0.05) is 19.9 Å². The van der Waals surface area contributed by atoms with Gasteiger partial charge in [0.15, 0.2) is 5.84 Å². The summed E-state index contributed by atoms with van der Waals surface area (Å²) in [4.78, 5) is 81.6. The number of amidine groups is 1. The Bertz CT molecular complexity index is 2180. The van der Waals surface area contributed by atoms with Crippen molar-refractivity contribution in [2.24, 2.45) is 11.0 Å². The van der Waals surface area contributed by atoms with Crippen molar-refractivity contribution >= 4 is 52.8 Å². The molecule has 0 saturated carbocycles. The molecule has 0 spiro atoms. The number of phenols is 2. The zero-order valence-electron chi connectivity index (χ0n) is 32.4. The number of carbonyl (C=O) groups is 6. The summed E-state index contributed by atoms with van der Waals surface area (Å²) >= 11 is 0. The highest BCUT2D eigenvalue weighted by atomic mass is 16.5. The van der Waals surface area contributed by atoms with Crippen LogP contribution in [0.4, 0.5) is 16.2 Å². The summed E-state index contributed by atoms with van der Waals surface area (Å²) in [6.07, 6.45) is -0.0424. The van der Waals surface area contributed by atoms with Gasteiger partial charge in [-0.05, 0) is 86.1 Å². The molecule has 2 saturated heterocycles. The first-order chi connectivity index (χ1) is 27.8. The number of anilines is 2. The number of ether oxygens (including phenoxy) is 1. The van der Waals surface area contributed by atoms with E-state index in [1.54, 1.807) is 65.3 Å². The first-order valence-corrected chi connectivity index (χ1v) is 19.4. The average molecular weight is 795 g/mol. The van der Waals surface area contributed by atoms with Gasteiger partial charge in [0.05, 0.1) is 12.2 Å². The summed E-state index contributed by atoms with van der Waals surface area (Å²) in [6.45, 7) is 7.16. The molecule has 17 heteroatoms. The van der Waals surface area contributed by atoms with Crippen LogP contribution in [0.5, 0.6) is 11.5 Å². The summed E-state index contributed by atoms with van der Waals surface area (Å²) in [5.74, 6) is -1.76. The Morgan fingerprint density at radius 3 is 2.40 bits per heavy atom. The fourth-order valence-corrected chi connectivity index (χ4v) is 7.79. The average Bonchev–Trinajstić information content (AvgIpc) is 3.79. The Morgan fingerprint density at radius 2 is 1.71 bits per heavy atom. The quantitative estimate of drug-likeness (QED) is 0.164. The van der Waals surface area contributed by atoms with Crippen LogP contribution in [-0.2, 0) is 25.7 Å². The van der Waals surface area contributed by atoms with Crippen LogP contribution in [0.1, 0.15) is 89.8 Å². The molecule has 2 unspecified atom stereocenters. The molecule has 3 aromatic rings. The highest BCUT2D eigenvalue weighted by Gasteiger charge is 2.40. The van der Waals surface area contributed by atoms with Crippen molar-refractivity contribution in [2.45, 2.75) is 71.1 Å². The molecular formula is C41H46N8O9. The largest absolute Gasteiger partial charge is 0.508 e. The lowest BCUT2D eigenvalue weighted by Gasteiger charge is -2.32. The maximum absolute atomic E-state index is 13.6. The van der Waals surface area contributed by atoms with Gasteiger partial charge in [0, 0.05) is 66.7 Å². The highest BCUT2D eigenvalue weighted by molar-refractivity contribution is 6.16. The molecule has 6 N–H and O–H groups in total. The maximum Gasteiger partial charge on any atom is 0.411 e. The number of amides is 6. The van der Waals surface area contributed by atoms with Crippen LogP contribution < -0.4 is 26.3 Å². The molecule has 58 heavy (non-hydrogen) atoms. The number of piperidine rings is 2. The van der Waals surface area contributed by atoms with E-state index in [1.807, 2.05) is 13.8 Å². The molecule has 0 aliphatic carbocycles. The minimum absolute atomic E-state index is 0.0161. The van der Waals surface area contributed by atoms with Gasteiger partial charge in [-0.15, -0.1) is 0 Å². The molecule has 4 heterocycles. The summed E-state index contributed by atoms with van der Waals surface area (Å²) in [7, 11) is 0. The number of hydrogen-bond acceptors (Lipinski definition) is 12. The Labute approximate surface area is 334 Å². The molecule has 0 radical (unpaired) electrons. The smallest absolute Gasteiger partial charge is 0.411 e. The minimum atomic E-state index is -0.941. The van der Waals surface area contributed by atoms with E-state index in [0.29, 0.717) is 71.7 Å². The lowest BCUT2D eigenvalue weighted by atomic mass is 9.97. The van der Waals surface area contributed by atoms with Crippen molar-refractivity contribution in [3.05, 3.63) is 82.4 Å². The lowest BCUT2D eigenvalue weighted by molar-refractivity contribution is -0.137. The number of benzene rings is 3. The van der Waals surface area contributed by atoms with Crippen molar-refractivity contribution in [3.8, 4) is 11.5 Å². The number of carbonyl (C=O) groups excluding carboxylic acids is 6. The van der Waals surface area contributed by atoms with Gasteiger partial charge >= 0.3 is 6.09 Å². The second-order valence-corrected chi connectivity index (χ2v) is 15.1. The first kappa shape index (κ1) is 39.6. The zero-order valence-corrected chi connectivity index (χ0v) is 32.4. The van der Waals surface area contributed by atoms with Crippen molar-refractivity contribution in [1.82, 2.24) is 25.9 Å². The van der Waals surface area contributed by atoms with Gasteiger partial charge in [-0.2, -0.15) is 5.10 Å². The number of hydrazone groups is 1. The molecule has 2 atom stereocenters. The normalized spacial score (nSPS) is 19.4. The summed E-state index contributed by atoms with van der Waals surface area (Å²) in [5, 5.41) is 33.5. The maximum atomic E-state index is 13.6. The molecule has 4 aliphatic heterocycles. The summed E-state index contributed by atoms with van der Waals surface area (Å²) in [6, 6.07) is 13.9. The molecule has 3 aromatic carbocycles. The van der Waals surface area contributed by atoms with Crippen molar-refractivity contribution in [1.29, 1.82) is 0 Å². The fourth-order valence-electron chi connectivity index (χ4n) is 7.79. The van der Waals surface area contributed by atoms with Gasteiger partial charge in [-0.3, -0.25) is 44.9 Å². The second kappa shape index (κ2) is 16.4. The van der Waals surface area contributed by atoms with E-state index in [2.05, 4.69) is 26.5 Å². The number of phenolic OH excluding ortho intramolecular Hbond substituents is 2. The molecule has 6 amide bonds. The van der Waals surface area contributed by atoms with Crippen LogP contribution in [0.2, 0.25) is 0 Å². The first-order valence-electron chi connectivity index (χ1n) is 19.4. The van der Waals surface area contributed by atoms with Crippen LogP contribution in [-0.4, -0.2) is 99.9 Å². The topological polar surface area (TPSA) is 222 Å². The van der Waals surface area contributed by atoms with E-state index in [-0.39, 0.29) is 78.8 Å². The number of rotatable bonds is 10. The summed E-state index contributed by atoms with van der Waals surface area (Å²) in [5.41, 5.74) is 6.12. The number of likely N-dealkylation sites (tertiary alicyclic amines) is 1. The van der Waals surface area contributed by atoms with Crippen LogP contribution >= 0.6 is 0 Å². The van der Waals surface area contributed by atoms with Gasteiger partial charge < -0.3 is 30.1 Å². The van der Waals surface area contributed by atoms with Crippen molar-refractivity contribution in [3.63, 3.8) is 0 Å². The van der Waals surface area contributed by atoms with Gasteiger partial charge in [-0.25, -0.2) is 4.79 Å². The van der Waals surface area contributed by atoms with Gasteiger partial charge in [0.1, 0.15) is 17.5 Å². The van der Waals surface area contributed by atoms with Crippen LogP contribution in [0.15, 0.2) is 59.7 Å². The Balaban J connectivity index is 0.944. The highest BCUT2D eigenvalue weighted by Crippen LogP contribution is 2.36. The van der Waals surface area contributed by atoms with Crippen LogP contribution in [0, 0.1) is 5.92 Å². The van der Waals surface area contributed by atoms with E-state index in [4.69, 9.17) is 4.74 Å². The fraction of sp³-hybridized carbons (Fsp3) is 0.390. The third-order valence-corrected chi connectivity index (χ3v) is 10.9. The molecule has 2 fully saturated rings. The zero-order chi connectivity index (χ0) is 41.2. The number of hydrogen-bond donors (Lipinski definition) is 6. The minimum Gasteiger partial charge on any atom is -0.508 e. The van der Waals surface area contributed by atoms with Crippen molar-refractivity contribution in [2.75, 3.05) is 36.5 Å². The number of imide groups is 1. The Morgan fingerprint density at radius 1 is 0.966 bits per heavy atom. The number of nitrogens with zero attached hydrogens (tertiary/aromatic N) is 4. The molecule has 0 bridgehead atoms. The van der Waals surface area contributed by atoms with E-state index >= 15 is 0 Å². The number of likely N-dealkylation sites (N-methyl/N-ethyl adjacent to an activating group) is 1. The molecule has 7 rings (SSSR count). The van der Waals surface area contributed by atoms with E-state index in [1.165, 1.54) is 11.0 Å². The van der Waals surface area contributed by atoms with Crippen LogP contribution in [0.25, 0.3) is 0 Å². The molecule has 304 valence electrons. The number of aromatic hydroxyl groups is 2. The molecule has 0 aromatic heterocycles. The SMILES string of the molecule is CCNC(=O)C1NN=C(c2cc(C(C)C)c(O)cc2O)N1c1ccc(C(=O)N2CCC(COC(=O)Nc3cccc4c3CN(C3CCC(=O)NC3=O)C4=O)CC2)cc1. The predicted molar refractivity (Wildman–Crippen MR) is 211 cm³/mol. The van der Waals surface area contributed by atoms with Gasteiger partial charge in [0.2, 0.25) is 18.0 Å². The van der Waals surface area contributed by atoms with E-state index in [0.717, 1.165) is 0 Å². The third-order valence-electron chi connectivity index (χ3n) is 10.9. The van der Waals surface area contributed by atoms with E-state index in [9.17, 15) is 39.0 Å². The predicted octanol–water partition coefficient (Wildman–Crippen LogP) is 3.32. The Kier molecular flexibility index (Phi) is 11.2. The molecule has 4 aliphatic rings. The summed E-state index contributed by atoms with van der Waals surface area (Å²) < 4.78 is 5.57. The third kappa shape index (κ3) is 7.83. The number of fused-ring (bicyclic) bond motifs is 1. The monoisotopic (exact) mass is 794 g/mol. The molecular weight excluding hydrogens is 748 g/mol. The molecule has 17 nitrogen and oxygen atoms in total. The Hall–Kier alpha value is -6.65. The van der Waals surface area contributed by atoms with Gasteiger partial charge in [0.25, 0.3) is 17.7 Å².